The van der Waals surface area contributed by atoms with Crippen LogP contribution in [0.15, 0.2) is 36.4 Å². The van der Waals surface area contributed by atoms with Gasteiger partial charge in [0.15, 0.2) is 11.5 Å². The molecule has 7 heteroatoms. The predicted molar refractivity (Wildman–Crippen MR) is 102 cm³/mol. The third-order valence-corrected chi connectivity index (χ3v) is 5.32. The fourth-order valence-electron chi connectivity index (χ4n) is 3.66. The van der Waals surface area contributed by atoms with Crippen molar-refractivity contribution in [3.05, 3.63) is 52.5 Å². The monoisotopic (exact) mass is 388 g/mol. The van der Waals surface area contributed by atoms with E-state index in [1.165, 1.54) is 7.11 Å². The average Bonchev–Trinajstić information content (AvgIpc) is 3.19. The van der Waals surface area contributed by atoms with E-state index in [0.29, 0.717) is 12.1 Å². The molecule has 2 heterocycles. The summed E-state index contributed by atoms with van der Waals surface area (Å²) in [6.07, 6.45) is 1.50. The first-order valence-electron chi connectivity index (χ1n) is 8.93. The molecule has 0 aromatic heterocycles. The number of carbonyl (C=O) groups excluding carboxylic acids is 1. The highest BCUT2D eigenvalue weighted by atomic mass is 35.5. The van der Waals surface area contributed by atoms with Crippen LogP contribution in [-0.4, -0.2) is 42.3 Å². The summed E-state index contributed by atoms with van der Waals surface area (Å²) in [5, 5.41) is 13.6. The number of rotatable bonds is 4. The Balaban J connectivity index is 1.76. The second-order valence-electron chi connectivity index (χ2n) is 6.74. The lowest BCUT2D eigenvalue weighted by Crippen LogP contribution is -2.46. The molecule has 2 N–H and O–H groups in total. The molecule has 6 nitrogen and oxygen atoms in total. The lowest BCUT2D eigenvalue weighted by atomic mass is 10.0. The standard InChI is InChI=1S/C20H21ClN2O4/c1-26-17-10-12(9-15(21)18(17)24)19-22-16-7-3-2-6-14(16)20(25)23(19)11-13-5-4-8-27-13/h2-3,6-7,9-10,13,19,22,24H,4-5,8,11H2,1H3/t13-,19+/m0/s1. The summed E-state index contributed by atoms with van der Waals surface area (Å²) >= 11 is 6.19. The molecule has 1 amide bonds. The topological polar surface area (TPSA) is 71.0 Å². The smallest absolute Gasteiger partial charge is 0.257 e. The Morgan fingerprint density at radius 2 is 2.19 bits per heavy atom. The van der Waals surface area contributed by atoms with E-state index >= 15 is 0 Å². The van der Waals surface area contributed by atoms with Crippen LogP contribution in [0.25, 0.3) is 0 Å². The minimum absolute atomic E-state index is 0.0120. The molecule has 0 unspecified atom stereocenters. The van der Waals surface area contributed by atoms with Gasteiger partial charge in [0.2, 0.25) is 0 Å². The number of ether oxygens (including phenoxy) is 2. The normalized spacial score (nSPS) is 21.7. The molecule has 0 spiro atoms. The van der Waals surface area contributed by atoms with E-state index in [4.69, 9.17) is 21.1 Å². The van der Waals surface area contributed by atoms with Crippen LogP contribution in [0.5, 0.6) is 11.5 Å². The van der Waals surface area contributed by atoms with Crippen LogP contribution in [-0.2, 0) is 4.74 Å². The molecule has 2 atom stereocenters. The van der Waals surface area contributed by atoms with Crippen LogP contribution in [0, 0.1) is 0 Å². The van der Waals surface area contributed by atoms with Crippen molar-refractivity contribution in [2.24, 2.45) is 0 Å². The van der Waals surface area contributed by atoms with Crippen molar-refractivity contribution in [3.8, 4) is 11.5 Å². The van der Waals surface area contributed by atoms with Crippen molar-refractivity contribution in [2.75, 3.05) is 25.6 Å². The number of fused-ring (bicyclic) bond motifs is 1. The largest absolute Gasteiger partial charge is 0.503 e. The average molecular weight is 389 g/mol. The Morgan fingerprint density at radius 3 is 2.93 bits per heavy atom. The first kappa shape index (κ1) is 17.9. The Kier molecular flexibility index (Phi) is 4.85. The van der Waals surface area contributed by atoms with Crippen LogP contribution in [0.3, 0.4) is 0 Å². The fourth-order valence-corrected chi connectivity index (χ4v) is 3.88. The molecule has 0 radical (unpaired) electrons. The first-order chi connectivity index (χ1) is 13.1. The Morgan fingerprint density at radius 1 is 1.37 bits per heavy atom. The SMILES string of the molecule is COc1cc([C@@H]2Nc3ccccc3C(=O)N2C[C@@H]2CCCO2)cc(Cl)c1O. The lowest BCUT2D eigenvalue weighted by molar-refractivity contribution is 0.0426. The zero-order valence-corrected chi connectivity index (χ0v) is 15.7. The Labute approximate surface area is 162 Å². The van der Waals surface area contributed by atoms with Crippen LogP contribution in [0.1, 0.15) is 34.9 Å². The van der Waals surface area contributed by atoms with E-state index in [1.807, 2.05) is 24.3 Å². The molecule has 0 aliphatic carbocycles. The molecule has 142 valence electrons. The number of methoxy groups -OCH3 is 1. The van der Waals surface area contributed by atoms with Crippen molar-refractivity contribution in [1.82, 2.24) is 4.90 Å². The molecular weight excluding hydrogens is 368 g/mol. The number of anilines is 1. The van der Waals surface area contributed by atoms with E-state index in [0.717, 1.165) is 30.7 Å². The quantitative estimate of drug-likeness (QED) is 0.833. The number of nitrogens with one attached hydrogen (secondary N) is 1. The van der Waals surface area contributed by atoms with Crippen LogP contribution >= 0.6 is 11.6 Å². The van der Waals surface area contributed by atoms with Crippen molar-refractivity contribution < 1.29 is 19.4 Å². The minimum atomic E-state index is -0.441. The minimum Gasteiger partial charge on any atom is -0.503 e. The highest BCUT2D eigenvalue weighted by Gasteiger charge is 2.35. The third kappa shape index (κ3) is 3.31. The lowest BCUT2D eigenvalue weighted by Gasteiger charge is -2.39. The molecule has 2 aliphatic heterocycles. The molecule has 0 bridgehead atoms. The number of hydrogen-bond acceptors (Lipinski definition) is 5. The number of aromatic hydroxyl groups is 1. The summed E-state index contributed by atoms with van der Waals surface area (Å²) in [4.78, 5) is 15.0. The third-order valence-electron chi connectivity index (χ3n) is 5.03. The van der Waals surface area contributed by atoms with Gasteiger partial charge in [0.1, 0.15) is 6.17 Å². The summed E-state index contributed by atoms with van der Waals surface area (Å²) in [5.41, 5.74) is 2.12. The molecule has 1 fully saturated rings. The number of halogens is 1. The van der Waals surface area contributed by atoms with Gasteiger partial charge in [0.25, 0.3) is 5.91 Å². The van der Waals surface area contributed by atoms with E-state index < -0.39 is 6.17 Å². The van der Waals surface area contributed by atoms with Gasteiger partial charge in [-0.25, -0.2) is 0 Å². The second kappa shape index (κ2) is 7.29. The van der Waals surface area contributed by atoms with Crippen molar-refractivity contribution in [2.45, 2.75) is 25.1 Å². The van der Waals surface area contributed by atoms with Crippen molar-refractivity contribution in [1.29, 1.82) is 0 Å². The van der Waals surface area contributed by atoms with Gasteiger partial charge in [-0.2, -0.15) is 0 Å². The van der Waals surface area contributed by atoms with Crippen molar-refractivity contribution >= 4 is 23.2 Å². The molecule has 0 saturated carbocycles. The maximum Gasteiger partial charge on any atom is 0.257 e. The molecule has 2 aliphatic rings. The van der Waals surface area contributed by atoms with Gasteiger partial charge < -0.3 is 24.8 Å². The molecular formula is C20H21ClN2O4. The van der Waals surface area contributed by atoms with Gasteiger partial charge in [0.05, 0.1) is 23.8 Å². The molecule has 27 heavy (non-hydrogen) atoms. The van der Waals surface area contributed by atoms with Crippen molar-refractivity contribution in [3.63, 3.8) is 0 Å². The van der Waals surface area contributed by atoms with E-state index in [2.05, 4.69) is 5.32 Å². The van der Waals surface area contributed by atoms with Crippen LogP contribution < -0.4 is 10.1 Å². The maximum absolute atomic E-state index is 13.2. The summed E-state index contributed by atoms with van der Waals surface area (Å²) in [6, 6.07) is 10.8. The van der Waals surface area contributed by atoms with Gasteiger partial charge in [-0.3, -0.25) is 4.79 Å². The number of phenols is 1. The number of para-hydroxylation sites is 1. The van der Waals surface area contributed by atoms with Gasteiger partial charge >= 0.3 is 0 Å². The van der Waals surface area contributed by atoms with E-state index in [-0.39, 0.29) is 28.5 Å². The van der Waals surface area contributed by atoms with Crippen LogP contribution in [0.4, 0.5) is 5.69 Å². The summed E-state index contributed by atoms with van der Waals surface area (Å²) < 4.78 is 11.0. The summed E-state index contributed by atoms with van der Waals surface area (Å²) in [7, 11) is 1.47. The molecule has 1 saturated heterocycles. The number of nitrogens with zero attached hydrogens (tertiary/aromatic N) is 1. The number of amides is 1. The van der Waals surface area contributed by atoms with E-state index in [9.17, 15) is 9.90 Å². The van der Waals surface area contributed by atoms with Crippen LogP contribution in [0.2, 0.25) is 5.02 Å². The maximum atomic E-state index is 13.2. The van der Waals surface area contributed by atoms with Gasteiger partial charge in [0, 0.05) is 24.4 Å². The predicted octanol–water partition coefficient (Wildman–Crippen LogP) is 3.80. The fraction of sp³-hybridized carbons (Fsp3) is 0.350. The summed E-state index contributed by atoms with van der Waals surface area (Å²) in [6.45, 7) is 1.20. The molecule has 4 rings (SSSR count). The number of benzene rings is 2. The zero-order chi connectivity index (χ0) is 19.0. The van der Waals surface area contributed by atoms with Gasteiger partial charge in [-0.05, 0) is 37.1 Å². The zero-order valence-electron chi connectivity index (χ0n) is 14.9. The van der Waals surface area contributed by atoms with Gasteiger partial charge in [-0.1, -0.05) is 23.7 Å². The highest BCUT2D eigenvalue weighted by Crippen LogP contribution is 2.40. The number of phenolic OH excluding ortho intramolecular Hbond substituents is 1. The van der Waals surface area contributed by atoms with E-state index in [1.54, 1.807) is 17.0 Å². The number of carbonyl (C=O) groups is 1. The second-order valence-corrected chi connectivity index (χ2v) is 7.15. The van der Waals surface area contributed by atoms with Gasteiger partial charge in [-0.15, -0.1) is 0 Å². The Bertz CT molecular complexity index is 867. The number of hydrogen-bond donors (Lipinski definition) is 2. The highest BCUT2D eigenvalue weighted by molar-refractivity contribution is 6.32. The Hall–Kier alpha value is -2.44. The molecule has 2 aromatic carbocycles. The summed E-state index contributed by atoms with van der Waals surface area (Å²) in [5.74, 6) is 0.0896. The molecule has 2 aromatic rings. The first-order valence-corrected chi connectivity index (χ1v) is 9.31.